The van der Waals surface area contributed by atoms with Crippen LogP contribution in [0.25, 0.3) is 0 Å². The summed E-state index contributed by atoms with van der Waals surface area (Å²) in [5, 5.41) is 0. The Morgan fingerprint density at radius 1 is 1.75 bits per heavy atom. The van der Waals surface area contributed by atoms with Crippen molar-refractivity contribution in [3.8, 4) is 0 Å². The third kappa shape index (κ3) is 1.67. The number of likely N-dealkylation sites (N-methyl/N-ethyl adjacent to an activating group) is 1. The molecule has 0 aliphatic carbocycles. The Hall–Kier alpha value is -0.830. The summed E-state index contributed by atoms with van der Waals surface area (Å²) in [5.41, 5.74) is 0. The van der Waals surface area contributed by atoms with Gasteiger partial charge in [0.05, 0.1) is 12.1 Å². The van der Waals surface area contributed by atoms with Crippen LogP contribution in [0.5, 0.6) is 0 Å². The zero-order chi connectivity index (χ0) is 9.14. The van der Waals surface area contributed by atoms with E-state index in [0.717, 1.165) is 13.0 Å². The normalized spacial score (nSPS) is 28.5. The first-order valence-electron chi connectivity index (χ1n) is 4.17. The maximum Gasteiger partial charge on any atom is 0.246 e. The maximum atomic E-state index is 11.2. The molecule has 1 amide bonds. The molecule has 1 saturated heterocycles. The van der Waals surface area contributed by atoms with E-state index < -0.39 is 0 Å². The second-order valence-corrected chi connectivity index (χ2v) is 3.09. The first-order valence-corrected chi connectivity index (χ1v) is 4.17. The van der Waals surface area contributed by atoms with Crippen molar-refractivity contribution in [1.29, 1.82) is 0 Å². The first kappa shape index (κ1) is 9.26. The maximum absolute atomic E-state index is 11.2. The van der Waals surface area contributed by atoms with E-state index in [1.807, 2.05) is 6.92 Å². The Balaban J connectivity index is 2.56. The average Bonchev–Trinajstić information content (AvgIpc) is 2.48. The lowest BCUT2D eigenvalue weighted by atomic mass is 10.1. The number of amides is 1. The predicted molar refractivity (Wildman–Crippen MR) is 46.8 cm³/mol. The number of ether oxygens (including phenoxy) is 1. The third-order valence-corrected chi connectivity index (χ3v) is 2.36. The second-order valence-electron chi connectivity index (χ2n) is 3.09. The molecule has 3 nitrogen and oxygen atoms in total. The highest BCUT2D eigenvalue weighted by Gasteiger charge is 2.29. The van der Waals surface area contributed by atoms with Crippen LogP contribution in [0, 0.1) is 0 Å². The predicted octanol–water partition coefficient (Wildman–Crippen LogP) is 0.808. The molecule has 68 valence electrons. The van der Waals surface area contributed by atoms with Gasteiger partial charge in [0, 0.05) is 13.7 Å². The molecule has 3 heteroatoms. The fourth-order valence-electron chi connectivity index (χ4n) is 1.54. The van der Waals surface area contributed by atoms with Crippen molar-refractivity contribution in [3.63, 3.8) is 0 Å². The van der Waals surface area contributed by atoms with Crippen molar-refractivity contribution >= 4 is 5.91 Å². The highest BCUT2D eigenvalue weighted by Crippen LogP contribution is 2.18. The van der Waals surface area contributed by atoms with Gasteiger partial charge in [-0.2, -0.15) is 0 Å². The lowest BCUT2D eigenvalue weighted by Crippen LogP contribution is -2.40. The molecule has 0 spiro atoms. The molecule has 0 N–H and O–H groups in total. The second kappa shape index (κ2) is 3.72. The molecule has 0 aromatic heterocycles. The molecule has 1 heterocycles. The number of hydrogen-bond acceptors (Lipinski definition) is 2. The smallest absolute Gasteiger partial charge is 0.246 e. The van der Waals surface area contributed by atoms with Crippen LogP contribution in [-0.4, -0.2) is 36.6 Å². The molecule has 0 aromatic rings. The van der Waals surface area contributed by atoms with Crippen LogP contribution in [0.1, 0.15) is 13.3 Å². The molecule has 1 aliphatic rings. The van der Waals surface area contributed by atoms with Gasteiger partial charge in [-0.05, 0) is 19.4 Å². The number of nitrogens with zero attached hydrogens (tertiary/aromatic N) is 1. The summed E-state index contributed by atoms with van der Waals surface area (Å²) in [6.45, 7) is 6.19. The van der Waals surface area contributed by atoms with E-state index >= 15 is 0 Å². The Morgan fingerprint density at radius 3 is 2.83 bits per heavy atom. The number of hydrogen-bond donors (Lipinski definition) is 0. The molecule has 1 rings (SSSR count). The minimum atomic E-state index is -0.0302. The summed E-state index contributed by atoms with van der Waals surface area (Å²) in [7, 11) is 1.79. The van der Waals surface area contributed by atoms with Gasteiger partial charge in [-0.25, -0.2) is 0 Å². The van der Waals surface area contributed by atoms with Crippen LogP contribution in [0.4, 0.5) is 0 Å². The topological polar surface area (TPSA) is 29.5 Å². The summed E-state index contributed by atoms with van der Waals surface area (Å²) < 4.78 is 5.35. The molecule has 0 bridgehead atoms. The molecule has 0 aromatic carbocycles. The largest absolute Gasteiger partial charge is 0.376 e. The number of rotatable bonds is 2. The fraction of sp³-hybridized carbons (Fsp3) is 0.667. The lowest BCUT2D eigenvalue weighted by Gasteiger charge is -2.25. The number of carbonyl (C=O) groups excluding carboxylic acids is 1. The lowest BCUT2D eigenvalue weighted by molar-refractivity contribution is -0.127. The molecule has 1 fully saturated rings. The van der Waals surface area contributed by atoms with Crippen molar-refractivity contribution in [1.82, 2.24) is 4.90 Å². The Labute approximate surface area is 73.0 Å². The Bertz CT molecular complexity index is 191. The van der Waals surface area contributed by atoms with Gasteiger partial charge in [-0.15, -0.1) is 0 Å². The van der Waals surface area contributed by atoms with Crippen LogP contribution in [0.3, 0.4) is 0 Å². The summed E-state index contributed by atoms with van der Waals surface area (Å²) in [5.74, 6) is -0.0302. The van der Waals surface area contributed by atoms with Crippen molar-refractivity contribution in [2.24, 2.45) is 0 Å². The van der Waals surface area contributed by atoms with Gasteiger partial charge in [0.2, 0.25) is 5.91 Å². The highest BCUT2D eigenvalue weighted by atomic mass is 16.5. The first-order chi connectivity index (χ1) is 5.66. The molecule has 1 aliphatic heterocycles. The van der Waals surface area contributed by atoms with Gasteiger partial charge in [0.1, 0.15) is 0 Å². The van der Waals surface area contributed by atoms with E-state index in [1.54, 1.807) is 11.9 Å². The quantitative estimate of drug-likeness (QED) is 0.572. The highest BCUT2D eigenvalue weighted by molar-refractivity contribution is 5.87. The molecule has 0 saturated carbocycles. The monoisotopic (exact) mass is 169 g/mol. The molecule has 12 heavy (non-hydrogen) atoms. The average molecular weight is 169 g/mol. The van der Waals surface area contributed by atoms with Gasteiger partial charge < -0.3 is 9.64 Å². The van der Waals surface area contributed by atoms with Crippen molar-refractivity contribution in [2.45, 2.75) is 25.5 Å². The van der Waals surface area contributed by atoms with E-state index in [2.05, 4.69) is 6.58 Å². The third-order valence-electron chi connectivity index (χ3n) is 2.36. The Kier molecular flexibility index (Phi) is 2.87. The molecule has 2 atom stereocenters. The summed E-state index contributed by atoms with van der Waals surface area (Å²) in [6, 6.07) is 0.218. The minimum Gasteiger partial charge on any atom is -0.376 e. The van der Waals surface area contributed by atoms with Gasteiger partial charge in [-0.1, -0.05) is 6.58 Å². The molecule has 0 radical (unpaired) electrons. The van der Waals surface area contributed by atoms with Gasteiger partial charge in [0.15, 0.2) is 0 Å². The zero-order valence-corrected chi connectivity index (χ0v) is 7.62. The summed E-state index contributed by atoms with van der Waals surface area (Å²) in [6.07, 6.45) is 2.42. The minimum absolute atomic E-state index is 0.0302. The van der Waals surface area contributed by atoms with Crippen LogP contribution >= 0.6 is 0 Å². The fourth-order valence-corrected chi connectivity index (χ4v) is 1.54. The Morgan fingerprint density at radius 2 is 2.42 bits per heavy atom. The van der Waals surface area contributed by atoms with Crippen LogP contribution in [-0.2, 0) is 9.53 Å². The standard InChI is InChI=1S/C9H15NO2/c1-4-9(11)10(3)8-5-6-12-7(8)2/h4,7-8H,1,5-6H2,2-3H3. The van der Waals surface area contributed by atoms with Crippen LogP contribution in [0.15, 0.2) is 12.7 Å². The van der Waals surface area contributed by atoms with E-state index in [0.29, 0.717) is 0 Å². The summed E-state index contributed by atoms with van der Waals surface area (Å²) in [4.78, 5) is 12.9. The van der Waals surface area contributed by atoms with Crippen molar-refractivity contribution in [3.05, 3.63) is 12.7 Å². The van der Waals surface area contributed by atoms with Crippen LogP contribution in [0.2, 0.25) is 0 Å². The van der Waals surface area contributed by atoms with E-state index in [9.17, 15) is 4.79 Å². The zero-order valence-electron chi connectivity index (χ0n) is 7.62. The van der Waals surface area contributed by atoms with E-state index in [1.165, 1.54) is 6.08 Å². The number of carbonyl (C=O) groups is 1. The molecular formula is C9H15NO2. The van der Waals surface area contributed by atoms with Crippen molar-refractivity contribution in [2.75, 3.05) is 13.7 Å². The van der Waals surface area contributed by atoms with Gasteiger partial charge in [0.25, 0.3) is 0 Å². The summed E-state index contributed by atoms with van der Waals surface area (Å²) >= 11 is 0. The van der Waals surface area contributed by atoms with E-state index in [4.69, 9.17) is 4.74 Å². The van der Waals surface area contributed by atoms with Gasteiger partial charge in [-0.3, -0.25) is 4.79 Å². The molecular weight excluding hydrogens is 154 g/mol. The van der Waals surface area contributed by atoms with Gasteiger partial charge >= 0.3 is 0 Å². The van der Waals surface area contributed by atoms with E-state index in [-0.39, 0.29) is 18.1 Å². The molecule has 2 unspecified atom stereocenters. The van der Waals surface area contributed by atoms with Crippen LogP contribution < -0.4 is 0 Å². The SMILES string of the molecule is C=CC(=O)N(C)C1CCOC1C. The van der Waals surface area contributed by atoms with Crippen molar-refractivity contribution < 1.29 is 9.53 Å².